The molecule has 0 aromatic heterocycles. The molecule has 1 unspecified atom stereocenters. The van der Waals surface area contributed by atoms with E-state index in [1.165, 1.54) is 12.1 Å². The average molecular weight is 272 g/mol. The smallest absolute Gasteiger partial charge is 0.228 e. The largest absolute Gasteiger partial charge is 0.308 e. The molecule has 98 valence electrons. The minimum Gasteiger partial charge on any atom is -0.308 e. The van der Waals surface area contributed by atoms with Crippen molar-refractivity contribution >= 4 is 21.6 Å². The molecule has 1 saturated heterocycles. The lowest BCUT2D eigenvalue weighted by Gasteiger charge is -2.17. The number of carbonyl (C=O) groups excluding carboxylic acids is 1. The molecule has 1 fully saturated rings. The molecule has 1 aromatic carbocycles. The summed E-state index contributed by atoms with van der Waals surface area (Å²) in [5.74, 6) is -0.984. The van der Waals surface area contributed by atoms with Crippen LogP contribution in [0.3, 0.4) is 0 Å². The highest BCUT2D eigenvalue weighted by atomic mass is 32.2. The highest BCUT2D eigenvalue weighted by molar-refractivity contribution is 7.89. The van der Waals surface area contributed by atoms with E-state index in [-0.39, 0.29) is 18.7 Å². The van der Waals surface area contributed by atoms with Crippen LogP contribution < -0.4 is 10.0 Å². The summed E-state index contributed by atoms with van der Waals surface area (Å²) in [5, 5.41) is 4.04. The quantitative estimate of drug-likeness (QED) is 0.852. The third-order valence-corrected chi connectivity index (χ3v) is 4.19. The van der Waals surface area contributed by atoms with E-state index >= 15 is 0 Å². The number of aryl methyl sites for hydroxylation is 1. The molecule has 0 bridgehead atoms. The van der Waals surface area contributed by atoms with Gasteiger partial charge in [0.2, 0.25) is 15.9 Å². The van der Waals surface area contributed by atoms with Crippen molar-refractivity contribution in [3.05, 3.63) is 29.6 Å². The summed E-state index contributed by atoms with van der Waals surface area (Å²) in [6.07, 6.45) is -0.202. The van der Waals surface area contributed by atoms with E-state index in [2.05, 4.69) is 0 Å². The maximum Gasteiger partial charge on any atom is 0.228 e. The van der Waals surface area contributed by atoms with Crippen LogP contribution in [-0.4, -0.2) is 26.1 Å². The molecule has 0 spiro atoms. The highest BCUT2D eigenvalue weighted by Crippen LogP contribution is 2.27. The van der Waals surface area contributed by atoms with Crippen molar-refractivity contribution in [3.8, 4) is 0 Å². The van der Waals surface area contributed by atoms with Gasteiger partial charge in [0.25, 0.3) is 0 Å². The van der Waals surface area contributed by atoms with Crippen molar-refractivity contribution in [2.75, 3.05) is 11.4 Å². The zero-order valence-corrected chi connectivity index (χ0v) is 10.6. The summed E-state index contributed by atoms with van der Waals surface area (Å²) in [6.45, 7) is 1.67. The van der Waals surface area contributed by atoms with Crippen molar-refractivity contribution in [2.45, 2.75) is 18.6 Å². The first-order chi connectivity index (χ1) is 8.29. The third-order valence-electron chi connectivity index (χ3n) is 2.95. The predicted molar refractivity (Wildman–Crippen MR) is 65.0 cm³/mol. The van der Waals surface area contributed by atoms with E-state index in [0.29, 0.717) is 0 Å². The molecule has 1 amide bonds. The van der Waals surface area contributed by atoms with E-state index < -0.39 is 27.0 Å². The van der Waals surface area contributed by atoms with Gasteiger partial charge in [0.1, 0.15) is 11.1 Å². The van der Waals surface area contributed by atoms with Crippen LogP contribution in [0.25, 0.3) is 0 Å². The molecule has 0 aliphatic carbocycles. The molecule has 1 aliphatic heterocycles. The van der Waals surface area contributed by atoms with E-state index in [4.69, 9.17) is 5.14 Å². The van der Waals surface area contributed by atoms with Crippen molar-refractivity contribution in [1.29, 1.82) is 0 Å². The molecule has 18 heavy (non-hydrogen) atoms. The number of halogens is 1. The SMILES string of the molecule is Cc1ccc(F)c(N2CC(S(N)(=O)=O)CC2=O)c1. The van der Waals surface area contributed by atoms with Gasteiger partial charge in [-0.15, -0.1) is 0 Å². The van der Waals surface area contributed by atoms with Crippen LogP contribution in [0.5, 0.6) is 0 Å². The monoisotopic (exact) mass is 272 g/mol. The lowest BCUT2D eigenvalue weighted by atomic mass is 10.2. The summed E-state index contributed by atoms with van der Waals surface area (Å²) < 4.78 is 36.1. The van der Waals surface area contributed by atoms with Gasteiger partial charge in [0, 0.05) is 13.0 Å². The molecule has 7 heteroatoms. The molecule has 5 nitrogen and oxygen atoms in total. The lowest BCUT2D eigenvalue weighted by molar-refractivity contribution is -0.117. The number of nitrogens with zero attached hydrogens (tertiary/aromatic N) is 1. The van der Waals surface area contributed by atoms with E-state index in [9.17, 15) is 17.6 Å². The second-order valence-corrected chi connectivity index (χ2v) is 6.22. The number of hydrogen-bond donors (Lipinski definition) is 1. The normalized spacial score (nSPS) is 20.5. The number of primary sulfonamides is 1. The van der Waals surface area contributed by atoms with E-state index in [0.717, 1.165) is 10.5 Å². The van der Waals surface area contributed by atoms with Crippen LogP contribution in [0, 0.1) is 12.7 Å². The molecule has 2 N–H and O–H groups in total. The number of anilines is 1. The van der Waals surface area contributed by atoms with Crippen LogP contribution in [0.15, 0.2) is 18.2 Å². The van der Waals surface area contributed by atoms with E-state index in [1.807, 2.05) is 0 Å². The maximum absolute atomic E-state index is 13.6. The summed E-state index contributed by atoms with van der Waals surface area (Å²) in [5.41, 5.74) is 0.893. The van der Waals surface area contributed by atoms with Crippen molar-refractivity contribution in [1.82, 2.24) is 0 Å². The first-order valence-electron chi connectivity index (χ1n) is 5.37. The Labute approximate surface area is 104 Å². The van der Waals surface area contributed by atoms with Gasteiger partial charge in [-0.05, 0) is 24.6 Å². The first-order valence-corrected chi connectivity index (χ1v) is 6.98. The first kappa shape index (κ1) is 13.0. The Kier molecular flexibility index (Phi) is 3.12. The summed E-state index contributed by atoms with van der Waals surface area (Å²) in [6, 6.07) is 4.34. The Balaban J connectivity index is 2.35. The Bertz CT molecular complexity index is 600. The fourth-order valence-corrected chi connectivity index (χ4v) is 2.69. The van der Waals surface area contributed by atoms with Crippen LogP contribution in [0.4, 0.5) is 10.1 Å². The van der Waals surface area contributed by atoms with E-state index in [1.54, 1.807) is 13.0 Å². The topological polar surface area (TPSA) is 80.5 Å². The fraction of sp³-hybridized carbons (Fsp3) is 0.364. The molecule has 1 atom stereocenters. The zero-order chi connectivity index (χ0) is 13.5. The molecule has 2 rings (SSSR count). The number of amides is 1. The van der Waals surface area contributed by atoms with Crippen LogP contribution in [-0.2, 0) is 14.8 Å². The van der Waals surface area contributed by atoms with Gasteiger partial charge in [-0.25, -0.2) is 17.9 Å². The van der Waals surface area contributed by atoms with Gasteiger partial charge in [-0.1, -0.05) is 6.07 Å². The second kappa shape index (κ2) is 4.33. The van der Waals surface area contributed by atoms with Gasteiger partial charge in [0.15, 0.2) is 0 Å². The lowest BCUT2D eigenvalue weighted by Crippen LogP contribution is -2.32. The van der Waals surface area contributed by atoms with Gasteiger partial charge in [-0.3, -0.25) is 4.79 Å². The van der Waals surface area contributed by atoms with Crippen LogP contribution in [0.2, 0.25) is 0 Å². The second-order valence-electron chi connectivity index (χ2n) is 4.37. The zero-order valence-electron chi connectivity index (χ0n) is 9.76. The highest BCUT2D eigenvalue weighted by Gasteiger charge is 2.38. The Morgan fingerprint density at radius 1 is 1.44 bits per heavy atom. The van der Waals surface area contributed by atoms with Gasteiger partial charge >= 0.3 is 0 Å². The minimum absolute atomic E-state index is 0.0992. The van der Waals surface area contributed by atoms with Gasteiger partial charge < -0.3 is 4.90 Å². The van der Waals surface area contributed by atoms with Crippen molar-refractivity contribution < 1.29 is 17.6 Å². The van der Waals surface area contributed by atoms with Crippen molar-refractivity contribution in [3.63, 3.8) is 0 Å². The maximum atomic E-state index is 13.6. The van der Waals surface area contributed by atoms with Gasteiger partial charge in [0.05, 0.1) is 5.69 Å². The van der Waals surface area contributed by atoms with Crippen LogP contribution in [0.1, 0.15) is 12.0 Å². The number of rotatable bonds is 2. The number of sulfonamides is 1. The standard InChI is InChI=1S/C11H13FN2O3S/c1-7-2-3-9(12)10(4-7)14-6-8(5-11(14)15)18(13,16)17/h2-4,8H,5-6H2,1H3,(H2,13,16,17). The number of benzene rings is 1. The molecule has 1 heterocycles. The molecule has 0 saturated carbocycles. The third kappa shape index (κ3) is 2.37. The molecule has 0 radical (unpaired) electrons. The summed E-state index contributed by atoms with van der Waals surface area (Å²) in [7, 11) is -3.78. The number of nitrogens with two attached hydrogens (primary N) is 1. The van der Waals surface area contributed by atoms with Gasteiger partial charge in [-0.2, -0.15) is 0 Å². The molecular formula is C11H13FN2O3S. The Morgan fingerprint density at radius 3 is 2.67 bits per heavy atom. The fourth-order valence-electron chi connectivity index (χ4n) is 1.96. The summed E-state index contributed by atoms with van der Waals surface area (Å²) >= 11 is 0. The van der Waals surface area contributed by atoms with Crippen molar-refractivity contribution in [2.24, 2.45) is 5.14 Å². The predicted octanol–water partition coefficient (Wildman–Crippen LogP) is 0.528. The molecule has 1 aliphatic rings. The summed E-state index contributed by atoms with van der Waals surface area (Å²) in [4.78, 5) is 12.9. The number of hydrogen-bond acceptors (Lipinski definition) is 3. The number of carbonyl (C=O) groups is 1. The minimum atomic E-state index is -3.78. The Hall–Kier alpha value is -1.47. The molecule has 1 aromatic rings. The Morgan fingerprint density at radius 2 is 2.11 bits per heavy atom. The van der Waals surface area contributed by atoms with Crippen LogP contribution >= 0.6 is 0 Å². The molecular weight excluding hydrogens is 259 g/mol. The average Bonchev–Trinajstić information content (AvgIpc) is 2.64.